The van der Waals surface area contributed by atoms with E-state index in [1.807, 2.05) is 42.5 Å². The highest BCUT2D eigenvalue weighted by molar-refractivity contribution is 6.03. The first kappa shape index (κ1) is 10.8. The van der Waals surface area contributed by atoms with Gasteiger partial charge in [0.25, 0.3) is 0 Å². The molecule has 18 heavy (non-hydrogen) atoms. The van der Waals surface area contributed by atoms with Crippen LogP contribution in [-0.4, -0.2) is 5.91 Å². The molecule has 2 aromatic carbocycles. The maximum absolute atomic E-state index is 12.2. The van der Waals surface area contributed by atoms with Gasteiger partial charge in [-0.2, -0.15) is 0 Å². The lowest BCUT2D eigenvalue weighted by atomic mass is 10.0. The molecule has 0 saturated heterocycles. The van der Waals surface area contributed by atoms with Crippen molar-refractivity contribution in [3.8, 4) is 0 Å². The Labute approximate surface area is 106 Å². The van der Waals surface area contributed by atoms with E-state index in [-0.39, 0.29) is 5.91 Å². The molecular formula is C15H14N2O. The summed E-state index contributed by atoms with van der Waals surface area (Å²) in [5, 5.41) is 0. The van der Waals surface area contributed by atoms with Gasteiger partial charge in [-0.3, -0.25) is 9.69 Å². The molecule has 0 bridgehead atoms. The van der Waals surface area contributed by atoms with Crippen LogP contribution in [0.5, 0.6) is 0 Å². The SMILES string of the molecule is Nc1cccc(N2C(=O)CCc3ccccc32)c1. The normalized spacial score (nSPS) is 14.4. The van der Waals surface area contributed by atoms with Crippen molar-refractivity contribution >= 4 is 23.0 Å². The largest absolute Gasteiger partial charge is 0.399 e. The summed E-state index contributed by atoms with van der Waals surface area (Å²) >= 11 is 0. The minimum atomic E-state index is 0.124. The molecule has 0 fully saturated rings. The maximum atomic E-state index is 12.2. The molecule has 1 heterocycles. The predicted molar refractivity (Wildman–Crippen MR) is 72.8 cm³/mol. The number of nitrogens with two attached hydrogens (primary N) is 1. The van der Waals surface area contributed by atoms with Gasteiger partial charge in [0.05, 0.1) is 11.4 Å². The number of hydrogen-bond donors (Lipinski definition) is 1. The maximum Gasteiger partial charge on any atom is 0.231 e. The summed E-state index contributed by atoms with van der Waals surface area (Å²) in [7, 11) is 0. The first-order valence-electron chi connectivity index (χ1n) is 6.02. The first-order chi connectivity index (χ1) is 8.75. The van der Waals surface area contributed by atoms with E-state index in [2.05, 4.69) is 6.07 Å². The van der Waals surface area contributed by atoms with Crippen LogP contribution < -0.4 is 10.6 Å². The minimum absolute atomic E-state index is 0.124. The second-order valence-electron chi connectivity index (χ2n) is 4.45. The quantitative estimate of drug-likeness (QED) is 0.776. The van der Waals surface area contributed by atoms with Gasteiger partial charge in [0.1, 0.15) is 0 Å². The van der Waals surface area contributed by atoms with Crippen molar-refractivity contribution in [2.75, 3.05) is 10.6 Å². The van der Waals surface area contributed by atoms with E-state index < -0.39 is 0 Å². The zero-order valence-electron chi connectivity index (χ0n) is 9.97. The molecule has 0 unspecified atom stereocenters. The van der Waals surface area contributed by atoms with Crippen molar-refractivity contribution in [2.24, 2.45) is 0 Å². The van der Waals surface area contributed by atoms with Crippen LogP contribution in [0.3, 0.4) is 0 Å². The summed E-state index contributed by atoms with van der Waals surface area (Å²) < 4.78 is 0. The number of carbonyl (C=O) groups excluding carboxylic acids is 1. The molecule has 0 spiro atoms. The monoisotopic (exact) mass is 238 g/mol. The van der Waals surface area contributed by atoms with Crippen LogP contribution in [0.2, 0.25) is 0 Å². The molecule has 0 atom stereocenters. The van der Waals surface area contributed by atoms with Crippen molar-refractivity contribution in [1.29, 1.82) is 0 Å². The minimum Gasteiger partial charge on any atom is -0.399 e. The average molecular weight is 238 g/mol. The Balaban J connectivity index is 2.13. The van der Waals surface area contributed by atoms with E-state index in [0.29, 0.717) is 12.1 Å². The molecule has 1 aliphatic rings. The molecule has 0 aliphatic carbocycles. The summed E-state index contributed by atoms with van der Waals surface area (Å²) in [6.45, 7) is 0. The molecular weight excluding hydrogens is 224 g/mol. The molecule has 2 N–H and O–H groups in total. The van der Waals surface area contributed by atoms with Gasteiger partial charge in [-0.15, -0.1) is 0 Å². The number of amides is 1. The van der Waals surface area contributed by atoms with Crippen molar-refractivity contribution in [1.82, 2.24) is 0 Å². The molecule has 3 nitrogen and oxygen atoms in total. The van der Waals surface area contributed by atoms with Crippen LogP contribution in [0.25, 0.3) is 0 Å². The number of aryl methyl sites for hydroxylation is 1. The third-order valence-electron chi connectivity index (χ3n) is 3.22. The summed E-state index contributed by atoms with van der Waals surface area (Å²) in [6, 6.07) is 15.5. The van der Waals surface area contributed by atoms with Gasteiger partial charge >= 0.3 is 0 Å². The Morgan fingerprint density at radius 1 is 1.00 bits per heavy atom. The number of nitrogens with zero attached hydrogens (tertiary/aromatic N) is 1. The molecule has 0 radical (unpaired) electrons. The van der Waals surface area contributed by atoms with Crippen LogP contribution in [-0.2, 0) is 11.2 Å². The third kappa shape index (κ3) is 1.74. The van der Waals surface area contributed by atoms with Crippen molar-refractivity contribution in [2.45, 2.75) is 12.8 Å². The van der Waals surface area contributed by atoms with Crippen molar-refractivity contribution in [3.05, 3.63) is 54.1 Å². The summed E-state index contributed by atoms with van der Waals surface area (Å²) in [5.74, 6) is 0.124. The van der Waals surface area contributed by atoms with Gasteiger partial charge in [0.15, 0.2) is 0 Å². The van der Waals surface area contributed by atoms with Gasteiger partial charge in [0, 0.05) is 12.1 Å². The molecule has 0 aromatic heterocycles. The number of benzene rings is 2. The first-order valence-corrected chi connectivity index (χ1v) is 6.02. The Kier molecular flexibility index (Phi) is 2.52. The predicted octanol–water partition coefficient (Wildman–Crippen LogP) is 2.88. The van der Waals surface area contributed by atoms with Crippen LogP contribution in [0.1, 0.15) is 12.0 Å². The van der Waals surface area contributed by atoms with Gasteiger partial charge in [0.2, 0.25) is 5.91 Å². The number of rotatable bonds is 1. The van der Waals surface area contributed by atoms with E-state index in [9.17, 15) is 4.79 Å². The Morgan fingerprint density at radius 3 is 2.67 bits per heavy atom. The van der Waals surface area contributed by atoms with Crippen LogP contribution in [0.15, 0.2) is 48.5 Å². The number of hydrogen-bond acceptors (Lipinski definition) is 2. The lowest BCUT2D eigenvalue weighted by molar-refractivity contribution is -0.118. The second-order valence-corrected chi connectivity index (χ2v) is 4.45. The van der Waals surface area contributed by atoms with Crippen molar-refractivity contribution < 1.29 is 4.79 Å². The van der Waals surface area contributed by atoms with E-state index in [0.717, 1.165) is 17.8 Å². The number of anilines is 3. The van der Waals surface area contributed by atoms with E-state index in [4.69, 9.17) is 5.73 Å². The summed E-state index contributed by atoms with van der Waals surface area (Å²) in [4.78, 5) is 13.9. The Hall–Kier alpha value is -2.29. The summed E-state index contributed by atoms with van der Waals surface area (Å²) in [6.07, 6.45) is 1.36. The summed E-state index contributed by atoms with van der Waals surface area (Å²) in [5.41, 5.74) is 9.48. The lowest BCUT2D eigenvalue weighted by Crippen LogP contribution is -2.30. The lowest BCUT2D eigenvalue weighted by Gasteiger charge is -2.29. The molecule has 1 amide bonds. The second kappa shape index (κ2) is 4.18. The molecule has 90 valence electrons. The third-order valence-corrected chi connectivity index (χ3v) is 3.22. The van der Waals surface area contributed by atoms with Crippen molar-refractivity contribution in [3.63, 3.8) is 0 Å². The topological polar surface area (TPSA) is 46.3 Å². The smallest absolute Gasteiger partial charge is 0.231 e. The molecule has 0 saturated carbocycles. The van der Waals surface area contributed by atoms with E-state index in [1.54, 1.807) is 4.90 Å². The molecule has 2 aromatic rings. The molecule has 3 rings (SSSR count). The van der Waals surface area contributed by atoms with Gasteiger partial charge in [-0.1, -0.05) is 24.3 Å². The van der Waals surface area contributed by atoms with Crippen LogP contribution in [0, 0.1) is 0 Å². The highest BCUT2D eigenvalue weighted by atomic mass is 16.2. The standard InChI is InChI=1S/C15H14N2O/c16-12-5-3-6-13(10-12)17-14-7-2-1-4-11(14)8-9-15(17)18/h1-7,10H,8-9,16H2. The fourth-order valence-corrected chi connectivity index (χ4v) is 2.38. The zero-order valence-corrected chi connectivity index (χ0v) is 9.97. The van der Waals surface area contributed by atoms with Gasteiger partial charge in [-0.25, -0.2) is 0 Å². The van der Waals surface area contributed by atoms with E-state index in [1.165, 1.54) is 5.56 Å². The molecule has 1 aliphatic heterocycles. The number of fused-ring (bicyclic) bond motifs is 1. The van der Waals surface area contributed by atoms with Gasteiger partial charge in [-0.05, 0) is 36.2 Å². The Morgan fingerprint density at radius 2 is 1.83 bits per heavy atom. The fourth-order valence-electron chi connectivity index (χ4n) is 2.38. The van der Waals surface area contributed by atoms with Crippen LogP contribution >= 0.6 is 0 Å². The van der Waals surface area contributed by atoms with Gasteiger partial charge < -0.3 is 5.73 Å². The van der Waals surface area contributed by atoms with E-state index >= 15 is 0 Å². The zero-order chi connectivity index (χ0) is 12.5. The number of nitrogen functional groups attached to an aromatic ring is 1. The highest BCUT2D eigenvalue weighted by Crippen LogP contribution is 2.34. The highest BCUT2D eigenvalue weighted by Gasteiger charge is 2.24. The average Bonchev–Trinajstić information content (AvgIpc) is 2.38. The van der Waals surface area contributed by atoms with Crippen LogP contribution in [0.4, 0.5) is 17.1 Å². The number of carbonyl (C=O) groups is 1. The number of para-hydroxylation sites is 1. The molecule has 3 heteroatoms. The Bertz CT molecular complexity index is 607. The fraction of sp³-hybridized carbons (Fsp3) is 0.133.